The topological polar surface area (TPSA) is 64.8 Å². The van der Waals surface area contributed by atoms with Crippen molar-refractivity contribution in [2.45, 2.75) is 13.5 Å². The van der Waals surface area contributed by atoms with E-state index in [2.05, 4.69) is 4.98 Å². The maximum absolute atomic E-state index is 12.6. The molecular weight excluding hydrogens is 352 g/mol. The summed E-state index contributed by atoms with van der Waals surface area (Å²) in [5.41, 5.74) is 1.28. The maximum Gasteiger partial charge on any atom is 0.273 e. The molecule has 0 spiro atoms. The fraction of sp³-hybridized carbons (Fsp3) is 0.263. The molecule has 3 aromatic rings. The van der Waals surface area contributed by atoms with Crippen LogP contribution in [0.3, 0.4) is 0 Å². The molecule has 0 bridgehead atoms. The van der Waals surface area contributed by atoms with E-state index in [0.717, 1.165) is 22.1 Å². The monoisotopic (exact) mass is 372 g/mol. The first kappa shape index (κ1) is 18.0. The van der Waals surface area contributed by atoms with Gasteiger partial charge in [-0.1, -0.05) is 0 Å². The van der Waals surface area contributed by atoms with Crippen molar-refractivity contribution in [1.29, 1.82) is 0 Å². The number of furan rings is 1. The van der Waals surface area contributed by atoms with Gasteiger partial charge in [0.05, 0.1) is 20.8 Å². The minimum absolute atomic E-state index is 0.151. The zero-order chi connectivity index (χ0) is 18.7. The molecule has 136 valence electrons. The summed E-state index contributed by atoms with van der Waals surface area (Å²) < 4.78 is 16.1. The summed E-state index contributed by atoms with van der Waals surface area (Å²) in [5, 5.41) is 2.51. The third-order valence-corrected chi connectivity index (χ3v) is 4.78. The van der Waals surface area contributed by atoms with Gasteiger partial charge < -0.3 is 18.8 Å². The molecule has 0 saturated heterocycles. The number of rotatable bonds is 6. The minimum Gasteiger partial charge on any atom is -0.493 e. The summed E-state index contributed by atoms with van der Waals surface area (Å²) in [6, 6.07) is 9.31. The molecule has 0 aliphatic carbocycles. The number of methoxy groups -OCH3 is 2. The van der Waals surface area contributed by atoms with E-state index in [4.69, 9.17) is 13.9 Å². The third kappa shape index (κ3) is 3.72. The summed E-state index contributed by atoms with van der Waals surface area (Å²) in [6.45, 7) is 2.27. The average Bonchev–Trinajstić information content (AvgIpc) is 3.29. The number of amides is 1. The molecule has 2 heterocycles. The van der Waals surface area contributed by atoms with Crippen LogP contribution in [0.5, 0.6) is 11.5 Å². The number of thiazole rings is 1. The van der Waals surface area contributed by atoms with E-state index in [0.29, 0.717) is 23.7 Å². The molecule has 0 N–H and O–H groups in total. The van der Waals surface area contributed by atoms with E-state index in [1.807, 2.05) is 37.3 Å². The van der Waals surface area contributed by atoms with Crippen molar-refractivity contribution in [2.24, 2.45) is 0 Å². The highest BCUT2D eigenvalue weighted by atomic mass is 32.1. The number of ether oxygens (including phenoxy) is 2. The van der Waals surface area contributed by atoms with Gasteiger partial charge in [-0.25, -0.2) is 4.98 Å². The van der Waals surface area contributed by atoms with Crippen LogP contribution >= 0.6 is 11.3 Å². The SMILES string of the molecule is COc1ccc(-c2nc(C(=O)N(C)Cc3ccc(C)o3)cs2)cc1OC. The van der Waals surface area contributed by atoms with Crippen LogP contribution in [-0.2, 0) is 6.54 Å². The number of aryl methyl sites for hydroxylation is 1. The Bertz CT molecular complexity index is 916. The fourth-order valence-electron chi connectivity index (χ4n) is 2.55. The molecular formula is C19H20N2O4S. The van der Waals surface area contributed by atoms with Crippen LogP contribution in [0.2, 0.25) is 0 Å². The first-order chi connectivity index (χ1) is 12.5. The summed E-state index contributed by atoms with van der Waals surface area (Å²) >= 11 is 1.41. The van der Waals surface area contributed by atoms with Crippen LogP contribution in [-0.4, -0.2) is 37.1 Å². The van der Waals surface area contributed by atoms with Crippen molar-refractivity contribution < 1.29 is 18.7 Å². The van der Waals surface area contributed by atoms with Crippen molar-refractivity contribution >= 4 is 17.2 Å². The van der Waals surface area contributed by atoms with Gasteiger partial charge >= 0.3 is 0 Å². The van der Waals surface area contributed by atoms with Gasteiger partial charge in [-0.2, -0.15) is 0 Å². The summed E-state index contributed by atoms with van der Waals surface area (Å²) in [6.07, 6.45) is 0. The van der Waals surface area contributed by atoms with Crippen molar-refractivity contribution in [1.82, 2.24) is 9.88 Å². The van der Waals surface area contributed by atoms with Crippen LogP contribution in [0.1, 0.15) is 22.0 Å². The lowest BCUT2D eigenvalue weighted by Gasteiger charge is -2.14. The Kier molecular flexibility index (Phi) is 5.27. The van der Waals surface area contributed by atoms with E-state index < -0.39 is 0 Å². The number of nitrogens with zero attached hydrogens (tertiary/aromatic N) is 2. The highest BCUT2D eigenvalue weighted by molar-refractivity contribution is 7.13. The van der Waals surface area contributed by atoms with E-state index >= 15 is 0 Å². The van der Waals surface area contributed by atoms with Crippen LogP contribution in [0.4, 0.5) is 0 Å². The average molecular weight is 372 g/mol. The summed E-state index contributed by atoms with van der Waals surface area (Å²) in [5.74, 6) is 2.69. The lowest BCUT2D eigenvalue weighted by Crippen LogP contribution is -2.26. The van der Waals surface area contributed by atoms with Crippen LogP contribution < -0.4 is 9.47 Å². The van der Waals surface area contributed by atoms with Gasteiger partial charge in [0.25, 0.3) is 5.91 Å². The highest BCUT2D eigenvalue weighted by Gasteiger charge is 2.18. The largest absolute Gasteiger partial charge is 0.493 e. The van der Waals surface area contributed by atoms with Gasteiger partial charge in [0.1, 0.15) is 22.2 Å². The molecule has 1 aromatic carbocycles. The predicted octanol–water partition coefficient (Wildman–Crippen LogP) is 4.00. The molecule has 0 saturated carbocycles. The van der Waals surface area contributed by atoms with E-state index in [1.54, 1.807) is 31.5 Å². The number of aromatic nitrogens is 1. The Hall–Kier alpha value is -2.80. The van der Waals surface area contributed by atoms with Gasteiger partial charge in [0, 0.05) is 18.0 Å². The van der Waals surface area contributed by atoms with Crippen LogP contribution in [0.25, 0.3) is 10.6 Å². The van der Waals surface area contributed by atoms with E-state index in [-0.39, 0.29) is 5.91 Å². The number of hydrogen-bond donors (Lipinski definition) is 0. The molecule has 0 unspecified atom stereocenters. The number of benzene rings is 1. The van der Waals surface area contributed by atoms with Gasteiger partial charge in [-0.3, -0.25) is 4.79 Å². The van der Waals surface area contributed by atoms with Crippen molar-refractivity contribution in [3.63, 3.8) is 0 Å². The molecule has 0 aliphatic rings. The first-order valence-corrected chi connectivity index (χ1v) is 8.88. The van der Waals surface area contributed by atoms with Crippen molar-refractivity contribution in [3.8, 4) is 22.1 Å². The Balaban J connectivity index is 1.77. The molecule has 1 amide bonds. The van der Waals surface area contributed by atoms with Gasteiger partial charge in [0.15, 0.2) is 11.5 Å². The van der Waals surface area contributed by atoms with E-state index in [9.17, 15) is 4.79 Å². The van der Waals surface area contributed by atoms with E-state index in [1.165, 1.54) is 11.3 Å². The molecule has 7 heteroatoms. The number of carbonyl (C=O) groups is 1. The van der Waals surface area contributed by atoms with Gasteiger partial charge in [-0.05, 0) is 37.3 Å². The number of hydrogen-bond acceptors (Lipinski definition) is 6. The Morgan fingerprint density at radius 2 is 1.96 bits per heavy atom. The summed E-state index contributed by atoms with van der Waals surface area (Å²) in [4.78, 5) is 18.7. The second-order valence-corrected chi connectivity index (χ2v) is 6.64. The zero-order valence-corrected chi connectivity index (χ0v) is 15.9. The molecule has 2 aromatic heterocycles. The third-order valence-electron chi connectivity index (χ3n) is 3.89. The van der Waals surface area contributed by atoms with Crippen LogP contribution in [0, 0.1) is 6.92 Å². The zero-order valence-electron chi connectivity index (χ0n) is 15.1. The predicted molar refractivity (Wildman–Crippen MR) is 99.9 cm³/mol. The standard InChI is InChI=1S/C19H20N2O4S/c1-12-5-7-14(25-12)10-21(2)19(22)15-11-26-18(20-15)13-6-8-16(23-3)17(9-13)24-4/h5-9,11H,10H2,1-4H3. The number of carbonyl (C=O) groups excluding carboxylic acids is 1. The Labute approximate surface area is 156 Å². The second kappa shape index (κ2) is 7.61. The quantitative estimate of drug-likeness (QED) is 0.654. The molecule has 0 fully saturated rings. The van der Waals surface area contributed by atoms with Gasteiger partial charge in [-0.15, -0.1) is 11.3 Å². The second-order valence-electron chi connectivity index (χ2n) is 5.78. The fourth-order valence-corrected chi connectivity index (χ4v) is 3.34. The first-order valence-electron chi connectivity index (χ1n) is 8.00. The molecule has 6 nitrogen and oxygen atoms in total. The van der Waals surface area contributed by atoms with Crippen molar-refractivity contribution in [2.75, 3.05) is 21.3 Å². The molecule has 0 aliphatic heterocycles. The van der Waals surface area contributed by atoms with Gasteiger partial charge in [0.2, 0.25) is 0 Å². The lowest BCUT2D eigenvalue weighted by molar-refractivity contribution is 0.0770. The molecule has 0 atom stereocenters. The molecule has 3 rings (SSSR count). The Morgan fingerprint density at radius 1 is 1.19 bits per heavy atom. The highest BCUT2D eigenvalue weighted by Crippen LogP contribution is 2.33. The normalized spacial score (nSPS) is 10.6. The lowest BCUT2D eigenvalue weighted by atomic mass is 10.2. The smallest absolute Gasteiger partial charge is 0.273 e. The minimum atomic E-state index is -0.151. The summed E-state index contributed by atoms with van der Waals surface area (Å²) in [7, 11) is 4.91. The molecule has 0 radical (unpaired) electrons. The van der Waals surface area contributed by atoms with Crippen LogP contribution in [0.15, 0.2) is 40.1 Å². The van der Waals surface area contributed by atoms with Crippen molar-refractivity contribution in [3.05, 3.63) is 52.9 Å². The Morgan fingerprint density at radius 3 is 2.62 bits per heavy atom. The molecule has 26 heavy (non-hydrogen) atoms. The maximum atomic E-state index is 12.6.